The van der Waals surface area contributed by atoms with Crippen molar-refractivity contribution in [2.75, 3.05) is 12.4 Å². The van der Waals surface area contributed by atoms with Crippen LogP contribution in [-0.2, 0) is 0 Å². The van der Waals surface area contributed by atoms with Gasteiger partial charge in [-0.05, 0) is 30.4 Å². The molecule has 0 N–H and O–H groups in total. The minimum atomic E-state index is 0.698. The summed E-state index contributed by atoms with van der Waals surface area (Å²) in [5.41, 5.74) is 0. The summed E-state index contributed by atoms with van der Waals surface area (Å²) < 4.78 is 5.39. The monoisotopic (exact) mass is 202 g/mol. The summed E-state index contributed by atoms with van der Waals surface area (Å²) in [6.07, 6.45) is 0.954. The van der Waals surface area contributed by atoms with E-state index in [1.807, 2.05) is 18.2 Å². The Morgan fingerprint density at radius 2 is 2.25 bits per heavy atom. The van der Waals surface area contributed by atoms with Crippen molar-refractivity contribution in [3.8, 4) is 5.75 Å². The van der Waals surface area contributed by atoms with Gasteiger partial charge in [0.05, 0.1) is 6.61 Å². The van der Waals surface area contributed by atoms with E-state index < -0.39 is 0 Å². The molecule has 1 rings (SSSR count). The minimum Gasteiger partial charge on any atom is -0.494 e. The molecule has 0 saturated heterocycles. The molecule has 0 aromatic heterocycles. The Kier molecular flexibility index (Phi) is 4.33. The highest BCUT2D eigenvalue weighted by Gasteiger charge is 1.93. The first kappa shape index (κ1) is 9.75. The maximum Gasteiger partial charge on any atom is 0.120 e. The Morgan fingerprint density at radius 1 is 1.42 bits per heavy atom. The first-order chi connectivity index (χ1) is 5.83. The standard InChI is InChI=1S/C9H11ClOS/c10-8-3-1-4-9(7-8)11-5-2-6-12/h1,3-4,7,12H,2,5-6H2. The van der Waals surface area contributed by atoms with Crippen LogP contribution in [0.5, 0.6) is 5.75 Å². The van der Waals surface area contributed by atoms with Crippen LogP contribution in [0.15, 0.2) is 24.3 Å². The first-order valence-corrected chi connectivity index (χ1v) is 4.83. The normalized spacial score (nSPS) is 9.83. The number of hydrogen-bond donors (Lipinski definition) is 1. The summed E-state index contributed by atoms with van der Waals surface area (Å²) in [7, 11) is 0. The van der Waals surface area contributed by atoms with E-state index in [1.165, 1.54) is 0 Å². The van der Waals surface area contributed by atoms with Crippen LogP contribution in [-0.4, -0.2) is 12.4 Å². The van der Waals surface area contributed by atoms with Gasteiger partial charge in [-0.2, -0.15) is 12.6 Å². The van der Waals surface area contributed by atoms with Crippen LogP contribution in [0.3, 0.4) is 0 Å². The third kappa shape index (κ3) is 3.37. The van der Waals surface area contributed by atoms with Crippen molar-refractivity contribution >= 4 is 24.2 Å². The van der Waals surface area contributed by atoms with Gasteiger partial charge in [-0.1, -0.05) is 17.7 Å². The number of rotatable bonds is 4. The fraction of sp³-hybridized carbons (Fsp3) is 0.333. The number of hydrogen-bond acceptors (Lipinski definition) is 2. The van der Waals surface area contributed by atoms with E-state index in [4.69, 9.17) is 16.3 Å². The van der Waals surface area contributed by atoms with Crippen molar-refractivity contribution in [3.05, 3.63) is 29.3 Å². The molecule has 66 valence electrons. The zero-order valence-electron chi connectivity index (χ0n) is 6.66. The molecule has 0 atom stereocenters. The summed E-state index contributed by atoms with van der Waals surface area (Å²) in [6.45, 7) is 0.698. The van der Waals surface area contributed by atoms with Crippen LogP contribution in [0.25, 0.3) is 0 Å². The number of benzene rings is 1. The van der Waals surface area contributed by atoms with Crippen LogP contribution in [0, 0.1) is 0 Å². The molecule has 0 aliphatic carbocycles. The van der Waals surface area contributed by atoms with Crippen molar-refractivity contribution in [1.82, 2.24) is 0 Å². The van der Waals surface area contributed by atoms with Crippen LogP contribution >= 0.6 is 24.2 Å². The molecule has 0 aliphatic rings. The second-order valence-corrected chi connectivity index (χ2v) is 3.27. The molecular formula is C9H11ClOS. The Morgan fingerprint density at radius 3 is 2.92 bits per heavy atom. The zero-order valence-corrected chi connectivity index (χ0v) is 8.31. The topological polar surface area (TPSA) is 9.23 Å². The van der Waals surface area contributed by atoms with Crippen LogP contribution < -0.4 is 4.74 Å². The minimum absolute atomic E-state index is 0.698. The Balaban J connectivity index is 2.41. The average molecular weight is 203 g/mol. The molecule has 0 amide bonds. The number of thiol groups is 1. The largest absolute Gasteiger partial charge is 0.494 e. The molecular weight excluding hydrogens is 192 g/mol. The summed E-state index contributed by atoms with van der Waals surface area (Å²) in [6, 6.07) is 7.40. The lowest BCUT2D eigenvalue weighted by Crippen LogP contribution is -1.97. The smallest absolute Gasteiger partial charge is 0.120 e. The highest BCUT2D eigenvalue weighted by atomic mass is 35.5. The van der Waals surface area contributed by atoms with E-state index in [1.54, 1.807) is 6.07 Å². The van der Waals surface area contributed by atoms with E-state index in [9.17, 15) is 0 Å². The first-order valence-electron chi connectivity index (χ1n) is 3.82. The van der Waals surface area contributed by atoms with Gasteiger partial charge in [0.15, 0.2) is 0 Å². The van der Waals surface area contributed by atoms with Gasteiger partial charge in [0.1, 0.15) is 5.75 Å². The second kappa shape index (κ2) is 5.33. The van der Waals surface area contributed by atoms with Crippen LogP contribution in [0.4, 0.5) is 0 Å². The van der Waals surface area contributed by atoms with Crippen molar-refractivity contribution < 1.29 is 4.74 Å². The molecule has 1 nitrogen and oxygen atoms in total. The summed E-state index contributed by atoms with van der Waals surface area (Å²) >= 11 is 9.84. The molecule has 0 unspecified atom stereocenters. The summed E-state index contributed by atoms with van der Waals surface area (Å²) in [5.74, 6) is 1.67. The van der Waals surface area contributed by atoms with E-state index in [0.717, 1.165) is 17.9 Å². The molecule has 0 radical (unpaired) electrons. The molecule has 1 aromatic carbocycles. The third-order valence-electron chi connectivity index (χ3n) is 1.37. The van der Waals surface area contributed by atoms with E-state index in [0.29, 0.717) is 11.6 Å². The van der Waals surface area contributed by atoms with Gasteiger partial charge in [0.25, 0.3) is 0 Å². The molecule has 12 heavy (non-hydrogen) atoms. The Hall–Kier alpha value is -0.340. The fourth-order valence-electron chi connectivity index (χ4n) is 0.811. The van der Waals surface area contributed by atoms with Gasteiger partial charge in [-0.3, -0.25) is 0 Å². The van der Waals surface area contributed by atoms with Gasteiger partial charge in [-0.25, -0.2) is 0 Å². The fourth-order valence-corrected chi connectivity index (χ4v) is 1.12. The molecule has 0 spiro atoms. The predicted octanol–water partition coefficient (Wildman–Crippen LogP) is 3.04. The molecule has 0 aliphatic heterocycles. The third-order valence-corrected chi connectivity index (χ3v) is 1.92. The second-order valence-electron chi connectivity index (χ2n) is 2.38. The number of halogens is 1. The van der Waals surface area contributed by atoms with Crippen molar-refractivity contribution in [3.63, 3.8) is 0 Å². The zero-order chi connectivity index (χ0) is 8.81. The summed E-state index contributed by atoms with van der Waals surface area (Å²) in [5, 5.41) is 0.707. The average Bonchev–Trinajstić information content (AvgIpc) is 2.05. The molecule has 0 saturated carbocycles. The SMILES string of the molecule is SCCCOc1cccc(Cl)c1. The number of ether oxygens (including phenoxy) is 1. The maximum atomic E-state index is 5.76. The van der Waals surface area contributed by atoms with Gasteiger partial charge in [0, 0.05) is 5.02 Å². The van der Waals surface area contributed by atoms with E-state index >= 15 is 0 Å². The van der Waals surface area contributed by atoms with E-state index in [-0.39, 0.29) is 0 Å². The Bertz CT molecular complexity index is 240. The van der Waals surface area contributed by atoms with Gasteiger partial charge >= 0.3 is 0 Å². The highest BCUT2D eigenvalue weighted by molar-refractivity contribution is 7.80. The molecule has 3 heteroatoms. The van der Waals surface area contributed by atoms with Gasteiger partial charge in [-0.15, -0.1) is 0 Å². The molecule has 0 bridgehead atoms. The molecule has 1 aromatic rings. The quantitative estimate of drug-likeness (QED) is 0.584. The van der Waals surface area contributed by atoms with Crippen molar-refractivity contribution in [2.24, 2.45) is 0 Å². The lowest BCUT2D eigenvalue weighted by molar-refractivity contribution is 0.319. The molecule has 0 fully saturated rings. The van der Waals surface area contributed by atoms with Crippen LogP contribution in [0.2, 0.25) is 5.02 Å². The molecule has 0 heterocycles. The predicted molar refractivity (Wildman–Crippen MR) is 55.4 cm³/mol. The van der Waals surface area contributed by atoms with Crippen molar-refractivity contribution in [1.29, 1.82) is 0 Å². The van der Waals surface area contributed by atoms with Gasteiger partial charge in [0.2, 0.25) is 0 Å². The van der Waals surface area contributed by atoms with Gasteiger partial charge < -0.3 is 4.74 Å². The lowest BCUT2D eigenvalue weighted by atomic mass is 10.3. The van der Waals surface area contributed by atoms with E-state index in [2.05, 4.69) is 12.6 Å². The summed E-state index contributed by atoms with van der Waals surface area (Å²) in [4.78, 5) is 0. The maximum absolute atomic E-state index is 5.76. The van der Waals surface area contributed by atoms with Crippen molar-refractivity contribution in [2.45, 2.75) is 6.42 Å². The lowest BCUT2D eigenvalue weighted by Gasteiger charge is -2.04. The van der Waals surface area contributed by atoms with Crippen LogP contribution in [0.1, 0.15) is 6.42 Å². The Labute approximate surface area is 83.1 Å². The highest BCUT2D eigenvalue weighted by Crippen LogP contribution is 2.16.